The second-order valence-corrected chi connectivity index (χ2v) is 8.11. The molecular weight excluding hydrogens is 326 g/mol. The molecule has 2 aromatic heterocycles. The molecule has 2 saturated carbocycles. The van der Waals surface area contributed by atoms with Gasteiger partial charge < -0.3 is 10.2 Å². The van der Waals surface area contributed by atoms with Crippen molar-refractivity contribution in [3.05, 3.63) is 17.5 Å². The van der Waals surface area contributed by atoms with Gasteiger partial charge in [0.1, 0.15) is 5.60 Å². The Morgan fingerprint density at radius 3 is 2.77 bits per heavy atom. The average molecular weight is 353 g/mol. The van der Waals surface area contributed by atoms with Gasteiger partial charge >= 0.3 is 0 Å². The second-order valence-electron chi connectivity index (χ2n) is 8.11. The van der Waals surface area contributed by atoms with E-state index in [1.807, 2.05) is 10.9 Å². The van der Waals surface area contributed by atoms with Crippen molar-refractivity contribution in [2.75, 3.05) is 5.32 Å². The first-order valence-corrected chi connectivity index (χ1v) is 10.1. The molecule has 26 heavy (non-hydrogen) atoms. The number of rotatable bonds is 4. The van der Waals surface area contributed by atoms with Gasteiger partial charge in [-0.3, -0.25) is 0 Å². The Kier molecular flexibility index (Phi) is 3.69. The van der Waals surface area contributed by atoms with Crippen LogP contribution in [0, 0.1) is 6.92 Å². The summed E-state index contributed by atoms with van der Waals surface area (Å²) in [6.07, 6.45) is 11.4. The molecule has 1 spiro atoms. The standard InChI is InChI=1S/C20H27N5O/c1-3-25-19-17(13(2)23-25)18(22-14-7-6-8-14)15(12-21-19)16-11-20(26-24-16)9-4-5-10-20/h12,14H,3-11H2,1-2H3,(H,21,22). The molecule has 0 amide bonds. The summed E-state index contributed by atoms with van der Waals surface area (Å²) >= 11 is 0. The summed E-state index contributed by atoms with van der Waals surface area (Å²) in [4.78, 5) is 10.7. The van der Waals surface area contributed by atoms with E-state index < -0.39 is 0 Å². The Morgan fingerprint density at radius 2 is 2.08 bits per heavy atom. The van der Waals surface area contributed by atoms with Crippen molar-refractivity contribution in [1.29, 1.82) is 0 Å². The SMILES string of the molecule is CCn1nc(C)c2c(NC3CCC3)c(C3=NOC4(CCCC4)C3)cnc21. The number of nitrogens with one attached hydrogen (secondary N) is 1. The van der Waals surface area contributed by atoms with Crippen molar-refractivity contribution >= 4 is 22.4 Å². The normalized spacial score (nSPS) is 21.8. The van der Waals surface area contributed by atoms with Crippen LogP contribution in [0.15, 0.2) is 11.4 Å². The van der Waals surface area contributed by atoms with E-state index in [-0.39, 0.29) is 5.60 Å². The van der Waals surface area contributed by atoms with E-state index >= 15 is 0 Å². The van der Waals surface area contributed by atoms with Crippen molar-refractivity contribution in [2.45, 2.75) is 83.4 Å². The number of fused-ring (bicyclic) bond motifs is 1. The Labute approximate surface area is 154 Å². The van der Waals surface area contributed by atoms with Crippen molar-refractivity contribution in [1.82, 2.24) is 14.8 Å². The number of aryl methyl sites for hydroxylation is 2. The lowest BCUT2D eigenvalue weighted by atomic mass is 9.90. The first-order valence-electron chi connectivity index (χ1n) is 10.1. The van der Waals surface area contributed by atoms with Crippen LogP contribution < -0.4 is 5.32 Å². The van der Waals surface area contributed by atoms with Crippen LogP contribution in [0.2, 0.25) is 0 Å². The summed E-state index contributed by atoms with van der Waals surface area (Å²) in [6, 6.07) is 0.548. The molecule has 0 unspecified atom stereocenters. The lowest BCUT2D eigenvalue weighted by Gasteiger charge is -2.29. The third kappa shape index (κ3) is 2.42. The molecule has 1 aliphatic heterocycles. The van der Waals surface area contributed by atoms with Gasteiger partial charge in [-0.2, -0.15) is 5.10 Å². The minimum absolute atomic E-state index is 0.0549. The van der Waals surface area contributed by atoms with E-state index in [4.69, 9.17) is 14.9 Å². The smallest absolute Gasteiger partial charge is 0.160 e. The van der Waals surface area contributed by atoms with Crippen LogP contribution in [0.5, 0.6) is 0 Å². The second kappa shape index (κ2) is 5.96. The molecule has 0 bridgehead atoms. The molecule has 138 valence electrons. The van der Waals surface area contributed by atoms with Crippen LogP contribution >= 0.6 is 0 Å². The number of oxime groups is 1. The van der Waals surface area contributed by atoms with Crippen molar-refractivity contribution in [2.24, 2.45) is 5.16 Å². The summed E-state index contributed by atoms with van der Waals surface area (Å²) in [5.74, 6) is 0. The number of nitrogens with zero attached hydrogens (tertiary/aromatic N) is 4. The fourth-order valence-corrected chi connectivity index (χ4v) is 4.62. The molecule has 5 rings (SSSR count). The lowest BCUT2D eigenvalue weighted by molar-refractivity contribution is -0.0126. The molecule has 0 aromatic carbocycles. The molecule has 2 aromatic rings. The number of pyridine rings is 1. The van der Waals surface area contributed by atoms with Crippen LogP contribution in [0.4, 0.5) is 5.69 Å². The minimum atomic E-state index is -0.0549. The van der Waals surface area contributed by atoms with Gasteiger partial charge in [0.25, 0.3) is 0 Å². The molecule has 6 nitrogen and oxygen atoms in total. The van der Waals surface area contributed by atoms with Gasteiger partial charge in [0, 0.05) is 30.8 Å². The van der Waals surface area contributed by atoms with Crippen LogP contribution in [-0.4, -0.2) is 32.1 Å². The van der Waals surface area contributed by atoms with Crippen molar-refractivity contribution in [3.8, 4) is 0 Å². The van der Waals surface area contributed by atoms with E-state index in [2.05, 4.69) is 24.3 Å². The topological polar surface area (TPSA) is 64.3 Å². The molecule has 1 N–H and O–H groups in total. The zero-order chi connectivity index (χ0) is 17.7. The van der Waals surface area contributed by atoms with Gasteiger partial charge in [-0.05, 0) is 58.8 Å². The summed E-state index contributed by atoms with van der Waals surface area (Å²) < 4.78 is 1.99. The highest BCUT2D eigenvalue weighted by atomic mass is 16.7. The van der Waals surface area contributed by atoms with Crippen molar-refractivity contribution in [3.63, 3.8) is 0 Å². The van der Waals surface area contributed by atoms with Crippen molar-refractivity contribution < 1.29 is 4.84 Å². The highest BCUT2D eigenvalue weighted by molar-refractivity contribution is 6.11. The zero-order valence-electron chi connectivity index (χ0n) is 15.7. The fourth-order valence-electron chi connectivity index (χ4n) is 4.62. The Hall–Kier alpha value is -2.11. The maximum Gasteiger partial charge on any atom is 0.160 e. The van der Waals surface area contributed by atoms with Gasteiger partial charge in [-0.1, -0.05) is 5.16 Å². The molecule has 0 radical (unpaired) electrons. The number of aromatic nitrogens is 3. The quantitative estimate of drug-likeness (QED) is 0.896. The Bertz CT molecular complexity index is 874. The third-order valence-electron chi connectivity index (χ3n) is 6.35. The minimum Gasteiger partial charge on any atom is -0.389 e. The van der Waals surface area contributed by atoms with Crippen LogP contribution in [-0.2, 0) is 11.4 Å². The third-order valence-corrected chi connectivity index (χ3v) is 6.35. The van der Waals surface area contributed by atoms with Gasteiger partial charge in [-0.15, -0.1) is 0 Å². The van der Waals surface area contributed by atoms with Gasteiger partial charge in [-0.25, -0.2) is 9.67 Å². The largest absolute Gasteiger partial charge is 0.389 e. The van der Waals surface area contributed by atoms with Gasteiger partial charge in [0.15, 0.2) is 5.65 Å². The summed E-state index contributed by atoms with van der Waals surface area (Å²) in [5.41, 5.74) is 5.26. The molecule has 3 heterocycles. The van der Waals surface area contributed by atoms with Crippen LogP contribution in [0.1, 0.15) is 69.5 Å². The zero-order valence-corrected chi connectivity index (χ0v) is 15.7. The Morgan fingerprint density at radius 1 is 1.27 bits per heavy atom. The lowest BCUT2D eigenvalue weighted by Crippen LogP contribution is -2.29. The highest BCUT2D eigenvalue weighted by Gasteiger charge is 2.42. The highest BCUT2D eigenvalue weighted by Crippen LogP contribution is 2.43. The number of hydrogen-bond donors (Lipinski definition) is 1. The van der Waals surface area contributed by atoms with Crippen LogP contribution in [0.3, 0.4) is 0 Å². The molecule has 0 atom stereocenters. The maximum atomic E-state index is 5.95. The van der Waals surface area contributed by atoms with E-state index in [0.717, 1.165) is 59.5 Å². The molecule has 6 heteroatoms. The first kappa shape index (κ1) is 16.1. The average Bonchev–Trinajstić information content (AvgIpc) is 3.32. The van der Waals surface area contributed by atoms with E-state index in [9.17, 15) is 0 Å². The molecule has 3 aliphatic rings. The molecule has 0 saturated heterocycles. The van der Waals surface area contributed by atoms with E-state index in [0.29, 0.717) is 6.04 Å². The maximum absolute atomic E-state index is 5.95. The fraction of sp³-hybridized carbons (Fsp3) is 0.650. The van der Waals surface area contributed by atoms with Gasteiger partial charge in [0.2, 0.25) is 0 Å². The monoisotopic (exact) mass is 353 g/mol. The predicted molar refractivity (Wildman–Crippen MR) is 103 cm³/mol. The number of anilines is 1. The molecular formula is C20H27N5O. The molecule has 2 aliphatic carbocycles. The van der Waals surface area contributed by atoms with Crippen LogP contribution in [0.25, 0.3) is 11.0 Å². The summed E-state index contributed by atoms with van der Waals surface area (Å²) in [5, 5.41) is 14.2. The predicted octanol–water partition coefficient (Wildman–Crippen LogP) is 4.16. The Balaban J connectivity index is 1.60. The van der Waals surface area contributed by atoms with E-state index in [1.54, 1.807) is 0 Å². The summed E-state index contributed by atoms with van der Waals surface area (Å²) in [7, 11) is 0. The first-order chi connectivity index (χ1) is 12.7. The van der Waals surface area contributed by atoms with E-state index in [1.165, 1.54) is 32.1 Å². The number of hydrogen-bond acceptors (Lipinski definition) is 5. The van der Waals surface area contributed by atoms with Gasteiger partial charge in [0.05, 0.1) is 22.5 Å². The summed E-state index contributed by atoms with van der Waals surface area (Å²) in [6.45, 7) is 5.02. The molecule has 2 fully saturated rings.